The van der Waals surface area contributed by atoms with Crippen molar-refractivity contribution in [3.8, 4) is 28.0 Å². The van der Waals surface area contributed by atoms with Crippen LogP contribution < -0.4 is 15.4 Å². The predicted molar refractivity (Wildman–Crippen MR) is 160 cm³/mol. The Morgan fingerprint density at radius 3 is 2.45 bits per heavy atom. The van der Waals surface area contributed by atoms with Crippen molar-refractivity contribution in [2.24, 2.45) is 5.92 Å². The minimum Gasteiger partial charge on any atom is -0.495 e. The average Bonchev–Trinajstić information content (AvgIpc) is 3.68. The molecule has 2 amide bonds. The normalized spacial score (nSPS) is 15.3. The summed E-state index contributed by atoms with van der Waals surface area (Å²) in [7, 11) is 3.47. The molecule has 2 aliphatic rings. The largest absolute Gasteiger partial charge is 0.495 e. The van der Waals surface area contributed by atoms with Gasteiger partial charge in [-0.1, -0.05) is 18.2 Å². The molecule has 218 valence electrons. The zero-order valence-electron chi connectivity index (χ0n) is 24.5. The number of nitrogens with zero attached hydrogens (tertiary/aromatic N) is 5. The van der Waals surface area contributed by atoms with Crippen LogP contribution >= 0.6 is 0 Å². The van der Waals surface area contributed by atoms with Crippen molar-refractivity contribution < 1.29 is 19.1 Å². The third-order valence-corrected chi connectivity index (χ3v) is 7.52. The molecule has 1 aliphatic carbocycles. The first-order valence-electron chi connectivity index (χ1n) is 14.1. The molecule has 42 heavy (non-hydrogen) atoms. The Labute approximate surface area is 244 Å². The SMILES string of the molecule is CNc1ncc(-c2cccc(-c3cnn(C4CN(C(=O)OC(C)(C)C)C4)c3)c2OC)c2cc(NC(=O)C3CC3)ncc12. The summed E-state index contributed by atoms with van der Waals surface area (Å²) in [5.74, 6) is 1.96. The number of nitrogens with one attached hydrogen (secondary N) is 2. The molecule has 1 saturated carbocycles. The zero-order valence-corrected chi connectivity index (χ0v) is 24.5. The fourth-order valence-corrected chi connectivity index (χ4v) is 5.16. The van der Waals surface area contributed by atoms with Crippen LogP contribution in [0.25, 0.3) is 33.0 Å². The summed E-state index contributed by atoms with van der Waals surface area (Å²) in [5.41, 5.74) is 2.96. The Bertz CT molecular complexity index is 1670. The van der Waals surface area contributed by atoms with E-state index in [4.69, 9.17) is 9.47 Å². The van der Waals surface area contributed by atoms with E-state index in [1.807, 2.05) is 75.4 Å². The molecule has 3 aromatic heterocycles. The number of likely N-dealkylation sites (tertiary alicyclic amines) is 1. The van der Waals surface area contributed by atoms with E-state index < -0.39 is 5.60 Å². The molecule has 0 bridgehead atoms. The summed E-state index contributed by atoms with van der Waals surface area (Å²) >= 11 is 0. The lowest BCUT2D eigenvalue weighted by atomic mass is 9.96. The number of para-hydroxylation sites is 1. The van der Waals surface area contributed by atoms with Gasteiger partial charge in [-0.05, 0) is 39.7 Å². The Hall–Kier alpha value is -4.67. The Balaban J connectivity index is 1.31. The van der Waals surface area contributed by atoms with Crippen LogP contribution in [-0.2, 0) is 9.53 Å². The molecule has 0 radical (unpaired) electrons. The maximum absolute atomic E-state index is 12.4. The van der Waals surface area contributed by atoms with Crippen LogP contribution in [-0.4, -0.2) is 69.5 Å². The Kier molecular flexibility index (Phi) is 6.96. The molecule has 0 spiro atoms. The molecule has 1 aromatic carbocycles. The molecule has 11 nitrogen and oxygen atoms in total. The highest BCUT2D eigenvalue weighted by Gasteiger charge is 2.35. The van der Waals surface area contributed by atoms with Crippen molar-refractivity contribution in [3.63, 3.8) is 0 Å². The molecule has 4 heterocycles. The number of anilines is 2. The minimum atomic E-state index is -0.528. The first kappa shape index (κ1) is 27.5. The smallest absolute Gasteiger partial charge is 0.410 e. The molecule has 2 N–H and O–H groups in total. The molecule has 0 atom stereocenters. The van der Waals surface area contributed by atoms with E-state index in [1.54, 1.807) is 18.2 Å². The van der Waals surface area contributed by atoms with Gasteiger partial charge in [-0.15, -0.1) is 0 Å². The van der Waals surface area contributed by atoms with Crippen molar-refractivity contribution in [1.29, 1.82) is 0 Å². The summed E-state index contributed by atoms with van der Waals surface area (Å²) in [6.45, 7) is 6.66. The number of hydrogen-bond donors (Lipinski definition) is 2. The van der Waals surface area contributed by atoms with Crippen LogP contribution in [0.5, 0.6) is 5.75 Å². The second-order valence-electron chi connectivity index (χ2n) is 11.8. The van der Waals surface area contributed by atoms with Crippen LogP contribution in [0.3, 0.4) is 0 Å². The summed E-state index contributed by atoms with van der Waals surface area (Å²) in [5, 5.41) is 12.4. The van der Waals surface area contributed by atoms with Crippen LogP contribution in [0, 0.1) is 5.92 Å². The van der Waals surface area contributed by atoms with Crippen molar-refractivity contribution in [1.82, 2.24) is 24.6 Å². The van der Waals surface area contributed by atoms with Gasteiger partial charge < -0.3 is 25.0 Å². The van der Waals surface area contributed by atoms with E-state index in [-0.39, 0.29) is 24.0 Å². The number of carbonyl (C=O) groups excluding carboxylic acids is 2. The summed E-state index contributed by atoms with van der Waals surface area (Å²) in [4.78, 5) is 35.6. The Morgan fingerprint density at radius 2 is 1.76 bits per heavy atom. The first-order chi connectivity index (χ1) is 20.1. The van der Waals surface area contributed by atoms with Crippen LogP contribution in [0.4, 0.5) is 16.4 Å². The summed E-state index contributed by atoms with van der Waals surface area (Å²) in [6.07, 6.45) is 8.87. The number of carbonyl (C=O) groups is 2. The number of benzene rings is 1. The maximum Gasteiger partial charge on any atom is 0.410 e. The average molecular weight is 570 g/mol. The van der Waals surface area contributed by atoms with E-state index in [0.29, 0.717) is 30.5 Å². The third-order valence-electron chi connectivity index (χ3n) is 7.52. The van der Waals surface area contributed by atoms with Crippen molar-refractivity contribution in [2.45, 2.75) is 45.3 Å². The van der Waals surface area contributed by atoms with E-state index in [2.05, 4.69) is 25.7 Å². The zero-order chi connectivity index (χ0) is 29.6. The van der Waals surface area contributed by atoms with Gasteiger partial charge in [0.15, 0.2) is 0 Å². The molecule has 4 aromatic rings. The number of pyridine rings is 2. The molecular weight excluding hydrogens is 534 g/mol. The molecular formula is C31H35N7O4. The fourth-order valence-electron chi connectivity index (χ4n) is 5.16. The highest BCUT2D eigenvalue weighted by molar-refractivity contribution is 6.05. The molecule has 1 aliphatic heterocycles. The van der Waals surface area contributed by atoms with E-state index >= 15 is 0 Å². The van der Waals surface area contributed by atoms with Crippen LogP contribution in [0.2, 0.25) is 0 Å². The van der Waals surface area contributed by atoms with Crippen molar-refractivity contribution in [3.05, 3.63) is 49.1 Å². The van der Waals surface area contributed by atoms with Gasteiger partial charge >= 0.3 is 6.09 Å². The standard InChI is InChI=1S/C31H35N7O4/c1-31(2,3)42-30(40)37-16-20(17-37)38-15-19(12-35-38)21-7-6-8-22(27(21)41-5)24-13-34-28(32-4)25-14-33-26(11-23(24)25)36-29(39)18-9-10-18/h6-8,11-15,18,20H,9-10,16-17H2,1-5H3,(H,32,34)(H,33,36,39). The van der Waals surface area contributed by atoms with Crippen LogP contribution in [0.1, 0.15) is 39.7 Å². The minimum absolute atomic E-state index is 0.00330. The number of fused-ring (bicyclic) bond motifs is 1. The van der Waals surface area contributed by atoms with Gasteiger partial charge in [0.1, 0.15) is 23.0 Å². The van der Waals surface area contributed by atoms with E-state index in [9.17, 15) is 9.59 Å². The quantitative estimate of drug-likeness (QED) is 0.305. The van der Waals surface area contributed by atoms with Gasteiger partial charge in [-0.2, -0.15) is 5.10 Å². The summed E-state index contributed by atoms with van der Waals surface area (Å²) < 4.78 is 13.4. The molecule has 1 saturated heterocycles. The van der Waals surface area contributed by atoms with Crippen molar-refractivity contribution in [2.75, 3.05) is 37.9 Å². The molecule has 2 fully saturated rings. The molecule has 6 rings (SSSR count). The number of ether oxygens (including phenoxy) is 2. The fraction of sp³-hybridized carbons (Fsp3) is 0.387. The number of methoxy groups -OCH3 is 1. The van der Waals surface area contributed by atoms with Crippen molar-refractivity contribution >= 4 is 34.4 Å². The highest BCUT2D eigenvalue weighted by atomic mass is 16.6. The van der Waals surface area contributed by atoms with Gasteiger partial charge in [0.25, 0.3) is 0 Å². The molecule has 11 heteroatoms. The first-order valence-corrected chi connectivity index (χ1v) is 14.1. The monoisotopic (exact) mass is 569 g/mol. The van der Waals surface area contributed by atoms with E-state index in [0.717, 1.165) is 45.9 Å². The number of hydrogen-bond acceptors (Lipinski definition) is 8. The van der Waals surface area contributed by atoms with Gasteiger partial charge in [0, 0.05) is 77.7 Å². The van der Waals surface area contributed by atoms with Crippen LogP contribution in [0.15, 0.2) is 49.1 Å². The topological polar surface area (TPSA) is 124 Å². The highest BCUT2D eigenvalue weighted by Crippen LogP contribution is 2.42. The van der Waals surface area contributed by atoms with Gasteiger partial charge in [0.05, 0.1) is 19.3 Å². The van der Waals surface area contributed by atoms with Gasteiger partial charge in [0.2, 0.25) is 5.91 Å². The predicted octanol–water partition coefficient (Wildman–Crippen LogP) is 5.35. The Morgan fingerprint density at radius 1 is 1.00 bits per heavy atom. The second kappa shape index (κ2) is 10.6. The lowest BCUT2D eigenvalue weighted by Crippen LogP contribution is -2.52. The number of rotatable bonds is 7. The van der Waals surface area contributed by atoms with Gasteiger partial charge in [-0.3, -0.25) is 9.48 Å². The lowest BCUT2D eigenvalue weighted by Gasteiger charge is -2.39. The maximum atomic E-state index is 12.4. The number of aromatic nitrogens is 4. The molecule has 0 unspecified atom stereocenters. The number of amides is 2. The third kappa shape index (κ3) is 5.34. The van der Waals surface area contributed by atoms with Gasteiger partial charge in [-0.25, -0.2) is 14.8 Å². The second-order valence-corrected chi connectivity index (χ2v) is 11.8. The lowest BCUT2D eigenvalue weighted by molar-refractivity contribution is -0.117. The summed E-state index contributed by atoms with van der Waals surface area (Å²) in [6, 6.07) is 7.94. The van der Waals surface area contributed by atoms with E-state index in [1.165, 1.54) is 0 Å².